The van der Waals surface area contributed by atoms with Gasteiger partial charge in [0.25, 0.3) is 5.91 Å². The van der Waals surface area contributed by atoms with Crippen molar-refractivity contribution in [3.63, 3.8) is 0 Å². The van der Waals surface area contributed by atoms with Crippen LogP contribution in [-0.2, 0) is 16.1 Å². The molecule has 15 heteroatoms. The number of nitrogens with one attached hydrogen (secondary N) is 3. The highest BCUT2D eigenvalue weighted by atomic mass is 19.3. The first-order chi connectivity index (χ1) is 22.7. The van der Waals surface area contributed by atoms with Crippen molar-refractivity contribution in [2.24, 2.45) is 5.92 Å². The molecule has 0 aliphatic heterocycles. The van der Waals surface area contributed by atoms with E-state index >= 15 is 0 Å². The van der Waals surface area contributed by atoms with Gasteiger partial charge in [0.2, 0.25) is 11.8 Å². The normalized spacial score (nSPS) is 12.1. The van der Waals surface area contributed by atoms with Crippen molar-refractivity contribution in [2.75, 3.05) is 31.8 Å². The smallest absolute Gasteiger partial charge is 0.388 e. The Balaban J connectivity index is 1.38. The van der Waals surface area contributed by atoms with Crippen LogP contribution in [0, 0.1) is 5.92 Å². The number of carbonyl (C=O) groups is 2. The molecule has 3 heterocycles. The lowest BCUT2D eigenvalue weighted by molar-refractivity contribution is -0.117. The summed E-state index contributed by atoms with van der Waals surface area (Å²) in [6.45, 7) is -2.91. The van der Waals surface area contributed by atoms with Gasteiger partial charge in [-0.2, -0.15) is 8.78 Å². The number of aromatic nitrogens is 4. The number of ether oxygens (including phenoxy) is 2. The van der Waals surface area contributed by atoms with E-state index < -0.39 is 12.5 Å². The molecule has 0 radical (unpaired) electrons. The van der Waals surface area contributed by atoms with Gasteiger partial charge in [-0.05, 0) is 31.0 Å². The molecule has 1 aliphatic carbocycles. The van der Waals surface area contributed by atoms with Gasteiger partial charge in [0.05, 0.1) is 36.4 Å². The number of benzene rings is 1. The molecule has 242 valence electrons. The number of nitrogens with zero attached hydrogens (tertiary/aromatic N) is 5. The number of alkyl halides is 2. The molecule has 0 spiro atoms. The maximum atomic E-state index is 12.6. The topological polar surface area (TPSA) is 161 Å². The molecule has 1 aromatic carbocycles. The van der Waals surface area contributed by atoms with Crippen LogP contribution in [0.15, 0.2) is 60.8 Å². The Labute approximate surface area is 268 Å². The average molecular weight is 645 g/mol. The Morgan fingerprint density at radius 3 is 2.53 bits per heavy atom. The summed E-state index contributed by atoms with van der Waals surface area (Å²) in [5.74, 6) is 1.59. The summed E-state index contributed by atoms with van der Waals surface area (Å²) >= 11 is 0. The molecule has 3 aromatic heterocycles. The SMILES string of the molecule is CNC(=O)c1nnc(NC(=O)C2CC2)cc1Nc1cccc(-c2ccc(C(=C=O)N(C)Cc3cccc(OC(F)F)n3)nc2)c1OC. The van der Waals surface area contributed by atoms with Gasteiger partial charge in [0.1, 0.15) is 11.4 Å². The number of amides is 2. The van der Waals surface area contributed by atoms with Crippen molar-refractivity contribution < 1.29 is 32.6 Å². The number of rotatable bonds is 13. The van der Waals surface area contributed by atoms with E-state index in [0.717, 1.165) is 12.8 Å². The third kappa shape index (κ3) is 7.83. The van der Waals surface area contributed by atoms with E-state index in [1.165, 1.54) is 32.4 Å². The first-order valence-corrected chi connectivity index (χ1v) is 14.4. The average Bonchev–Trinajstić information content (AvgIpc) is 3.91. The highest BCUT2D eigenvalue weighted by molar-refractivity contribution is 6.00. The summed E-state index contributed by atoms with van der Waals surface area (Å²) in [5, 5.41) is 16.5. The van der Waals surface area contributed by atoms with Gasteiger partial charge >= 0.3 is 6.61 Å². The number of anilines is 3. The van der Waals surface area contributed by atoms with Crippen LogP contribution >= 0.6 is 0 Å². The second-order valence-electron chi connectivity index (χ2n) is 10.4. The van der Waals surface area contributed by atoms with Crippen molar-refractivity contribution in [1.29, 1.82) is 0 Å². The van der Waals surface area contributed by atoms with E-state index in [0.29, 0.717) is 39.6 Å². The number of methoxy groups -OCH3 is 1. The monoisotopic (exact) mass is 644 g/mol. The second-order valence-corrected chi connectivity index (χ2v) is 10.4. The van der Waals surface area contributed by atoms with E-state index in [1.807, 2.05) is 12.0 Å². The van der Waals surface area contributed by atoms with Crippen molar-refractivity contribution in [1.82, 2.24) is 30.4 Å². The number of hydrogen-bond acceptors (Lipinski definition) is 11. The lowest BCUT2D eigenvalue weighted by Crippen LogP contribution is -2.22. The van der Waals surface area contributed by atoms with E-state index in [9.17, 15) is 23.2 Å². The quantitative estimate of drug-likeness (QED) is 0.178. The van der Waals surface area contributed by atoms with Crippen LogP contribution in [-0.4, -0.2) is 70.6 Å². The van der Waals surface area contributed by atoms with E-state index in [2.05, 4.69) is 40.9 Å². The van der Waals surface area contributed by atoms with Gasteiger partial charge in [0.15, 0.2) is 17.5 Å². The highest BCUT2D eigenvalue weighted by Crippen LogP contribution is 2.38. The second kappa shape index (κ2) is 14.4. The summed E-state index contributed by atoms with van der Waals surface area (Å²) in [6.07, 6.45) is 3.20. The van der Waals surface area contributed by atoms with Crippen molar-refractivity contribution in [3.05, 3.63) is 77.9 Å². The van der Waals surface area contributed by atoms with E-state index in [4.69, 9.17) is 4.74 Å². The lowest BCUT2D eigenvalue weighted by atomic mass is 10.0. The predicted octanol–water partition coefficient (Wildman–Crippen LogP) is 4.30. The number of halogens is 2. The van der Waals surface area contributed by atoms with Gasteiger partial charge in [0, 0.05) is 49.5 Å². The summed E-state index contributed by atoms with van der Waals surface area (Å²) in [5.41, 5.74) is 2.92. The Morgan fingerprint density at radius 1 is 1.09 bits per heavy atom. The molecule has 5 rings (SSSR count). The molecular formula is C32H30F2N8O5. The molecule has 1 aliphatic rings. The standard InChI is InChI=1S/C32H30F2N8O5/c1-35-31(45)28-24(14-26(40-41-28)39-30(44)18-10-11-18)38-23-8-5-7-21(29(23)46-3)19-12-13-22(36-15-19)25(17-43)42(2)16-20-6-4-9-27(37-20)47-32(33)34/h4-9,12-15,18,32H,10-11,16H2,1-3H3,(H,35,45)(H2,38,39,40,44). The van der Waals surface area contributed by atoms with Gasteiger partial charge < -0.3 is 30.3 Å². The predicted molar refractivity (Wildman–Crippen MR) is 168 cm³/mol. The van der Waals surface area contributed by atoms with E-state index in [-0.39, 0.29) is 41.5 Å². The minimum absolute atomic E-state index is 0.0103. The molecule has 0 saturated heterocycles. The van der Waals surface area contributed by atoms with Gasteiger partial charge in [-0.1, -0.05) is 24.3 Å². The highest BCUT2D eigenvalue weighted by Gasteiger charge is 2.30. The number of carbonyl (C=O) groups excluding carboxylic acids is 3. The van der Waals surface area contributed by atoms with Gasteiger partial charge in [-0.15, -0.1) is 10.2 Å². The minimum Gasteiger partial charge on any atom is -0.494 e. The zero-order valence-corrected chi connectivity index (χ0v) is 25.6. The molecule has 4 aromatic rings. The first-order valence-electron chi connectivity index (χ1n) is 14.4. The fraction of sp³-hybridized carbons (Fsp3) is 0.250. The molecule has 3 N–H and O–H groups in total. The molecule has 2 amide bonds. The first kappa shape index (κ1) is 32.4. The van der Waals surface area contributed by atoms with Crippen LogP contribution in [0.2, 0.25) is 0 Å². The summed E-state index contributed by atoms with van der Waals surface area (Å²) in [6, 6.07) is 14.7. The van der Waals surface area contributed by atoms with Gasteiger partial charge in [-0.3, -0.25) is 14.6 Å². The largest absolute Gasteiger partial charge is 0.494 e. The third-order valence-electron chi connectivity index (χ3n) is 7.11. The Kier molecular flexibility index (Phi) is 9.96. The number of hydrogen-bond donors (Lipinski definition) is 3. The van der Waals surface area contributed by atoms with Crippen molar-refractivity contribution >= 4 is 40.6 Å². The zero-order chi connectivity index (χ0) is 33.5. The van der Waals surface area contributed by atoms with Crippen molar-refractivity contribution in [2.45, 2.75) is 26.0 Å². The maximum absolute atomic E-state index is 12.6. The summed E-state index contributed by atoms with van der Waals surface area (Å²) in [4.78, 5) is 46.9. The van der Waals surface area contributed by atoms with Crippen LogP contribution in [0.4, 0.5) is 26.0 Å². The Bertz CT molecular complexity index is 1830. The molecule has 0 unspecified atom stereocenters. The van der Waals surface area contributed by atoms with Crippen LogP contribution in [0.1, 0.15) is 34.7 Å². The molecular weight excluding hydrogens is 614 g/mol. The zero-order valence-electron chi connectivity index (χ0n) is 25.6. The van der Waals surface area contributed by atoms with Crippen LogP contribution in [0.3, 0.4) is 0 Å². The fourth-order valence-corrected chi connectivity index (χ4v) is 4.68. The summed E-state index contributed by atoms with van der Waals surface area (Å²) in [7, 11) is 4.59. The van der Waals surface area contributed by atoms with Crippen LogP contribution < -0.4 is 25.4 Å². The number of pyridine rings is 2. The van der Waals surface area contributed by atoms with Crippen LogP contribution in [0.25, 0.3) is 16.8 Å². The van der Waals surface area contributed by atoms with Gasteiger partial charge in [-0.25, -0.2) is 9.78 Å². The Morgan fingerprint density at radius 2 is 1.87 bits per heavy atom. The van der Waals surface area contributed by atoms with E-state index in [1.54, 1.807) is 48.5 Å². The molecule has 13 nitrogen and oxygen atoms in total. The minimum atomic E-state index is -3.01. The molecule has 1 saturated carbocycles. The maximum Gasteiger partial charge on any atom is 0.388 e. The molecule has 47 heavy (non-hydrogen) atoms. The third-order valence-corrected chi connectivity index (χ3v) is 7.11. The van der Waals surface area contributed by atoms with Crippen LogP contribution in [0.5, 0.6) is 11.6 Å². The lowest BCUT2D eigenvalue weighted by Gasteiger charge is -2.20. The van der Waals surface area contributed by atoms with Crippen molar-refractivity contribution in [3.8, 4) is 22.8 Å². The summed E-state index contributed by atoms with van der Waals surface area (Å²) < 4.78 is 35.3. The molecule has 0 atom stereocenters. The number of para-hydroxylation sites is 1. The fourth-order valence-electron chi connectivity index (χ4n) is 4.68. The molecule has 0 bridgehead atoms. The Hall–Kier alpha value is -5.95. The molecule has 1 fully saturated rings.